The van der Waals surface area contributed by atoms with Gasteiger partial charge in [0.1, 0.15) is 5.82 Å². The highest BCUT2D eigenvalue weighted by Gasteiger charge is 2.41. The number of para-hydroxylation sites is 1. The Labute approximate surface area is 104 Å². The lowest BCUT2D eigenvalue weighted by molar-refractivity contribution is 0.492. The third-order valence-corrected chi connectivity index (χ3v) is 3.72. The van der Waals surface area contributed by atoms with Gasteiger partial charge in [0.2, 0.25) is 0 Å². The Morgan fingerprint density at radius 2 is 2.12 bits per heavy atom. The van der Waals surface area contributed by atoms with Crippen molar-refractivity contribution in [3.63, 3.8) is 0 Å². The van der Waals surface area contributed by atoms with E-state index in [1.54, 1.807) is 4.57 Å². The summed E-state index contributed by atoms with van der Waals surface area (Å²) < 4.78 is 1.78. The van der Waals surface area contributed by atoms with Gasteiger partial charge < -0.3 is 0 Å². The Morgan fingerprint density at radius 3 is 2.76 bits per heavy atom. The molecule has 0 radical (unpaired) electrons. The monoisotopic (exact) mass is 248 g/mol. The molecule has 0 amide bonds. The van der Waals surface area contributed by atoms with Crippen molar-refractivity contribution in [2.45, 2.75) is 31.2 Å². The van der Waals surface area contributed by atoms with Gasteiger partial charge in [-0.2, -0.15) is 0 Å². The van der Waals surface area contributed by atoms with E-state index in [9.17, 15) is 4.79 Å². The van der Waals surface area contributed by atoms with Crippen molar-refractivity contribution >= 4 is 22.5 Å². The average Bonchev–Trinajstić information content (AvgIpc) is 3.07. The highest BCUT2D eigenvalue weighted by atomic mass is 35.5. The van der Waals surface area contributed by atoms with E-state index in [1.807, 2.05) is 24.3 Å². The van der Waals surface area contributed by atoms with Crippen molar-refractivity contribution in [2.24, 2.45) is 0 Å². The number of nitrogens with zero attached hydrogens (tertiary/aromatic N) is 2. The summed E-state index contributed by atoms with van der Waals surface area (Å²) in [5.41, 5.74) is 0.693. The molecular formula is C13H13ClN2O. The van der Waals surface area contributed by atoms with Crippen LogP contribution < -0.4 is 5.56 Å². The summed E-state index contributed by atoms with van der Waals surface area (Å²) in [5.74, 6) is 0.950. The molecule has 0 aliphatic heterocycles. The van der Waals surface area contributed by atoms with E-state index in [0.29, 0.717) is 11.2 Å². The quantitative estimate of drug-likeness (QED) is 0.766. The van der Waals surface area contributed by atoms with Gasteiger partial charge in [-0.3, -0.25) is 9.36 Å². The van der Waals surface area contributed by atoms with Crippen LogP contribution in [0.25, 0.3) is 10.9 Å². The van der Waals surface area contributed by atoms with Crippen LogP contribution in [0.3, 0.4) is 0 Å². The molecule has 1 fully saturated rings. The molecule has 1 aliphatic carbocycles. The highest BCUT2D eigenvalue weighted by molar-refractivity contribution is 6.16. The van der Waals surface area contributed by atoms with E-state index in [-0.39, 0.29) is 17.0 Å². The van der Waals surface area contributed by atoms with Gasteiger partial charge in [0.05, 0.1) is 16.8 Å². The summed E-state index contributed by atoms with van der Waals surface area (Å²) in [5, 5.41) is 0.675. The second-order valence-corrected chi connectivity index (χ2v) is 5.08. The maximum Gasteiger partial charge on any atom is 0.261 e. The number of aromatic nitrogens is 2. The Hall–Kier alpha value is -1.35. The number of benzene rings is 1. The molecule has 0 N–H and O–H groups in total. The first-order valence-electron chi connectivity index (χ1n) is 5.73. The predicted octanol–water partition coefficient (Wildman–Crippen LogP) is 2.64. The molecule has 1 saturated carbocycles. The average molecular weight is 249 g/mol. The molecule has 0 spiro atoms. The normalized spacial score (nSPS) is 17.3. The SMILES string of the molecule is CC1(n2c(CCl)nc3ccccc3c2=O)CC1. The Kier molecular flexibility index (Phi) is 2.26. The van der Waals surface area contributed by atoms with Gasteiger partial charge in [-0.1, -0.05) is 12.1 Å². The first-order valence-corrected chi connectivity index (χ1v) is 6.26. The van der Waals surface area contributed by atoms with E-state index >= 15 is 0 Å². The summed E-state index contributed by atoms with van der Waals surface area (Å²) >= 11 is 5.92. The zero-order chi connectivity index (χ0) is 12.0. The summed E-state index contributed by atoms with van der Waals surface area (Å²) in [7, 11) is 0. The summed E-state index contributed by atoms with van der Waals surface area (Å²) in [6, 6.07) is 7.43. The van der Waals surface area contributed by atoms with Crippen LogP contribution in [-0.4, -0.2) is 9.55 Å². The van der Waals surface area contributed by atoms with Crippen LogP contribution in [0.1, 0.15) is 25.6 Å². The topological polar surface area (TPSA) is 34.9 Å². The lowest BCUT2D eigenvalue weighted by Crippen LogP contribution is -2.32. The van der Waals surface area contributed by atoms with Crippen LogP contribution in [0.4, 0.5) is 0 Å². The standard InChI is InChI=1S/C13H13ClN2O/c1-13(6-7-13)16-11(8-14)15-10-5-3-2-4-9(10)12(16)17/h2-5H,6-8H2,1H3. The Balaban J connectivity index is 2.40. The second-order valence-electron chi connectivity index (χ2n) is 4.82. The van der Waals surface area contributed by atoms with Crippen LogP contribution in [0, 0.1) is 0 Å². The number of fused-ring (bicyclic) bond motifs is 1. The van der Waals surface area contributed by atoms with Gasteiger partial charge in [-0.05, 0) is 31.9 Å². The molecule has 3 nitrogen and oxygen atoms in total. The van der Waals surface area contributed by atoms with Crippen molar-refractivity contribution in [2.75, 3.05) is 0 Å². The van der Waals surface area contributed by atoms with Crippen LogP contribution >= 0.6 is 11.6 Å². The minimum atomic E-state index is -0.0711. The van der Waals surface area contributed by atoms with Crippen molar-refractivity contribution in [1.29, 1.82) is 0 Å². The Bertz CT molecular complexity index is 643. The maximum absolute atomic E-state index is 12.5. The summed E-state index contributed by atoms with van der Waals surface area (Å²) in [4.78, 5) is 17.0. The molecule has 1 heterocycles. The smallest absolute Gasteiger partial charge is 0.261 e. The molecule has 88 valence electrons. The molecule has 3 rings (SSSR count). The summed E-state index contributed by atoms with van der Waals surface area (Å²) in [6.07, 6.45) is 2.05. The zero-order valence-corrected chi connectivity index (χ0v) is 10.4. The van der Waals surface area contributed by atoms with Crippen LogP contribution in [0.5, 0.6) is 0 Å². The third kappa shape index (κ3) is 1.57. The molecule has 1 aliphatic rings. The number of hydrogen-bond acceptors (Lipinski definition) is 2. The van der Waals surface area contributed by atoms with Gasteiger partial charge >= 0.3 is 0 Å². The molecule has 0 atom stereocenters. The molecular weight excluding hydrogens is 236 g/mol. The van der Waals surface area contributed by atoms with Crippen molar-refractivity contribution in [3.8, 4) is 0 Å². The fourth-order valence-electron chi connectivity index (χ4n) is 2.23. The number of alkyl halides is 1. The first-order chi connectivity index (χ1) is 8.15. The van der Waals surface area contributed by atoms with Gasteiger partial charge in [0.15, 0.2) is 0 Å². The predicted molar refractivity (Wildman–Crippen MR) is 68.4 cm³/mol. The van der Waals surface area contributed by atoms with Gasteiger partial charge in [-0.15, -0.1) is 11.6 Å². The van der Waals surface area contributed by atoms with E-state index in [4.69, 9.17) is 11.6 Å². The van der Waals surface area contributed by atoms with Crippen LogP contribution in [0.15, 0.2) is 29.1 Å². The highest BCUT2D eigenvalue weighted by Crippen LogP contribution is 2.42. The molecule has 0 saturated heterocycles. The lowest BCUT2D eigenvalue weighted by atomic mass is 10.2. The van der Waals surface area contributed by atoms with Gasteiger partial charge in [0.25, 0.3) is 5.56 Å². The van der Waals surface area contributed by atoms with Gasteiger partial charge in [0, 0.05) is 5.54 Å². The number of rotatable bonds is 2. The van der Waals surface area contributed by atoms with Crippen molar-refractivity contribution in [3.05, 3.63) is 40.4 Å². The maximum atomic E-state index is 12.5. The molecule has 17 heavy (non-hydrogen) atoms. The lowest BCUT2D eigenvalue weighted by Gasteiger charge is -2.17. The number of halogens is 1. The molecule has 0 unspecified atom stereocenters. The second kappa shape index (κ2) is 3.57. The van der Waals surface area contributed by atoms with E-state index in [2.05, 4.69) is 11.9 Å². The minimum absolute atomic E-state index is 0.0336. The van der Waals surface area contributed by atoms with E-state index in [0.717, 1.165) is 18.4 Å². The van der Waals surface area contributed by atoms with Crippen molar-refractivity contribution < 1.29 is 0 Å². The molecule has 1 aromatic heterocycles. The summed E-state index contributed by atoms with van der Waals surface area (Å²) in [6.45, 7) is 2.08. The van der Waals surface area contributed by atoms with Crippen molar-refractivity contribution in [1.82, 2.24) is 9.55 Å². The Morgan fingerprint density at radius 1 is 1.41 bits per heavy atom. The van der Waals surface area contributed by atoms with E-state index in [1.165, 1.54) is 0 Å². The largest absolute Gasteiger partial charge is 0.289 e. The molecule has 0 bridgehead atoms. The fourth-order valence-corrected chi connectivity index (χ4v) is 2.41. The fraction of sp³-hybridized carbons (Fsp3) is 0.385. The van der Waals surface area contributed by atoms with E-state index < -0.39 is 0 Å². The molecule has 1 aromatic carbocycles. The first kappa shape index (κ1) is 10.8. The minimum Gasteiger partial charge on any atom is -0.289 e. The molecule has 4 heteroatoms. The third-order valence-electron chi connectivity index (χ3n) is 3.48. The zero-order valence-electron chi connectivity index (χ0n) is 9.61. The number of hydrogen-bond donors (Lipinski definition) is 0. The van der Waals surface area contributed by atoms with Crippen LogP contribution in [-0.2, 0) is 11.4 Å². The van der Waals surface area contributed by atoms with Crippen LogP contribution in [0.2, 0.25) is 0 Å². The van der Waals surface area contributed by atoms with Gasteiger partial charge in [-0.25, -0.2) is 4.98 Å². The molecule has 2 aromatic rings.